The zero-order valence-corrected chi connectivity index (χ0v) is 14.2. The molecule has 24 heavy (non-hydrogen) atoms. The predicted molar refractivity (Wildman–Crippen MR) is 85.2 cm³/mol. The lowest BCUT2D eigenvalue weighted by Gasteiger charge is -2.36. The van der Waals surface area contributed by atoms with Gasteiger partial charge in [0.15, 0.2) is 0 Å². The van der Waals surface area contributed by atoms with Gasteiger partial charge >= 0.3 is 0 Å². The largest absolute Gasteiger partial charge is 0.367 e. The van der Waals surface area contributed by atoms with Crippen LogP contribution in [0.15, 0.2) is 10.9 Å². The minimum Gasteiger partial charge on any atom is -0.367 e. The normalized spacial score (nSPS) is 20.2. The van der Waals surface area contributed by atoms with Crippen LogP contribution in [0.2, 0.25) is 0 Å². The molecule has 0 radical (unpaired) electrons. The quantitative estimate of drug-likeness (QED) is 0.692. The Morgan fingerprint density at radius 3 is 2.79 bits per heavy atom. The molecule has 1 aromatic rings. The van der Waals surface area contributed by atoms with Crippen molar-refractivity contribution in [3.8, 4) is 0 Å². The van der Waals surface area contributed by atoms with Crippen molar-refractivity contribution in [2.24, 2.45) is 0 Å². The lowest BCUT2D eigenvalue weighted by atomic mass is 9.90. The van der Waals surface area contributed by atoms with E-state index >= 15 is 0 Å². The number of carbonyl (C=O) groups excluding carboxylic acids is 1. The standard InChI is InChI=1S/C14H20N4O5S/c1-24(21,22)17-12(20)10-9-11(19)18-7-2-8-23-14(13(18)16-10)3-5-15-6-4-14/h9,15H,2-8H2,1H3,(H,17,20). The third-order valence-corrected chi connectivity index (χ3v) is 4.80. The number of rotatable bonds is 2. The fourth-order valence-corrected chi connectivity index (χ4v) is 3.60. The SMILES string of the molecule is CS(=O)(=O)NC(=O)c1cc(=O)n2c(n1)C1(CCNCC1)OCCC2. The van der Waals surface area contributed by atoms with Crippen LogP contribution in [0, 0.1) is 0 Å². The summed E-state index contributed by atoms with van der Waals surface area (Å²) in [6, 6.07) is 1.07. The van der Waals surface area contributed by atoms with Crippen LogP contribution in [-0.2, 0) is 26.9 Å². The molecule has 0 aliphatic carbocycles. The van der Waals surface area contributed by atoms with Gasteiger partial charge in [0.05, 0.1) is 6.26 Å². The van der Waals surface area contributed by atoms with Gasteiger partial charge in [0.2, 0.25) is 10.0 Å². The van der Waals surface area contributed by atoms with Gasteiger partial charge in [0.1, 0.15) is 17.1 Å². The van der Waals surface area contributed by atoms with Crippen LogP contribution in [0.1, 0.15) is 35.6 Å². The Kier molecular flexibility index (Phi) is 4.45. The number of aromatic nitrogens is 2. The van der Waals surface area contributed by atoms with Gasteiger partial charge in [-0.15, -0.1) is 0 Å². The summed E-state index contributed by atoms with van der Waals surface area (Å²) in [5, 5.41) is 3.24. The van der Waals surface area contributed by atoms with Gasteiger partial charge < -0.3 is 10.1 Å². The van der Waals surface area contributed by atoms with Gasteiger partial charge in [0, 0.05) is 19.2 Å². The molecule has 10 heteroatoms. The fraction of sp³-hybridized carbons (Fsp3) is 0.643. The Morgan fingerprint density at radius 1 is 1.42 bits per heavy atom. The maximum atomic E-state index is 12.5. The number of fused-ring (bicyclic) bond motifs is 2. The third-order valence-electron chi connectivity index (χ3n) is 4.24. The molecule has 9 nitrogen and oxygen atoms in total. The minimum atomic E-state index is -3.74. The highest BCUT2D eigenvalue weighted by Gasteiger charge is 2.41. The molecule has 2 aliphatic heterocycles. The Hall–Kier alpha value is -1.78. The van der Waals surface area contributed by atoms with Crippen LogP contribution in [0.3, 0.4) is 0 Å². The van der Waals surface area contributed by atoms with Crippen molar-refractivity contribution in [1.29, 1.82) is 0 Å². The van der Waals surface area contributed by atoms with Gasteiger partial charge in [-0.05, 0) is 32.4 Å². The number of nitrogens with one attached hydrogen (secondary N) is 2. The average Bonchev–Trinajstić information content (AvgIpc) is 2.67. The summed E-state index contributed by atoms with van der Waals surface area (Å²) in [6.45, 7) is 2.41. The van der Waals surface area contributed by atoms with E-state index in [4.69, 9.17) is 4.74 Å². The van der Waals surface area contributed by atoms with Crippen molar-refractivity contribution < 1.29 is 17.9 Å². The van der Waals surface area contributed by atoms with Crippen molar-refractivity contribution in [3.05, 3.63) is 27.9 Å². The van der Waals surface area contributed by atoms with Gasteiger partial charge in [-0.2, -0.15) is 0 Å². The Balaban J connectivity index is 2.09. The monoisotopic (exact) mass is 356 g/mol. The molecule has 1 fully saturated rings. The number of sulfonamides is 1. The molecule has 2 aliphatic rings. The summed E-state index contributed by atoms with van der Waals surface area (Å²) in [6.07, 6.45) is 2.82. The number of piperidine rings is 1. The Morgan fingerprint density at radius 2 is 2.12 bits per heavy atom. The van der Waals surface area contributed by atoms with E-state index in [0.29, 0.717) is 38.2 Å². The summed E-state index contributed by atoms with van der Waals surface area (Å²) < 4.78 is 31.9. The second-order valence-electron chi connectivity index (χ2n) is 6.10. The first-order valence-corrected chi connectivity index (χ1v) is 9.69. The van der Waals surface area contributed by atoms with Gasteiger partial charge in [-0.25, -0.2) is 18.1 Å². The van der Waals surface area contributed by atoms with E-state index in [1.165, 1.54) is 4.57 Å². The zero-order chi connectivity index (χ0) is 17.4. The maximum Gasteiger partial charge on any atom is 0.283 e. The highest BCUT2D eigenvalue weighted by molar-refractivity contribution is 7.89. The van der Waals surface area contributed by atoms with Crippen LogP contribution >= 0.6 is 0 Å². The van der Waals surface area contributed by atoms with Crippen molar-refractivity contribution in [3.63, 3.8) is 0 Å². The molecule has 1 saturated heterocycles. The number of hydrogen-bond donors (Lipinski definition) is 2. The smallest absolute Gasteiger partial charge is 0.283 e. The first kappa shape index (κ1) is 17.1. The Labute approximate surface area is 139 Å². The molecule has 2 N–H and O–H groups in total. The number of amides is 1. The average molecular weight is 356 g/mol. The second-order valence-corrected chi connectivity index (χ2v) is 7.85. The van der Waals surface area contributed by atoms with Crippen LogP contribution in [-0.4, -0.2) is 49.8 Å². The van der Waals surface area contributed by atoms with Gasteiger partial charge in [0.25, 0.3) is 11.5 Å². The first-order chi connectivity index (χ1) is 11.3. The summed E-state index contributed by atoms with van der Waals surface area (Å²) >= 11 is 0. The second kappa shape index (κ2) is 6.26. The van der Waals surface area contributed by atoms with E-state index < -0.39 is 21.5 Å². The van der Waals surface area contributed by atoms with Gasteiger partial charge in [-0.3, -0.25) is 14.2 Å². The number of hydrogen-bond acceptors (Lipinski definition) is 7. The zero-order valence-electron chi connectivity index (χ0n) is 13.4. The van der Waals surface area contributed by atoms with E-state index in [1.807, 2.05) is 4.72 Å². The lowest BCUT2D eigenvalue weighted by Crippen LogP contribution is -2.45. The maximum absolute atomic E-state index is 12.5. The predicted octanol–water partition coefficient (Wildman–Crippen LogP) is -1.07. The molecule has 3 rings (SSSR count). The summed E-state index contributed by atoms with van der Waals surface area (Å²) in [4.78, 5) is 28.9. The van der Waals surface area contributed by atoms with Crippen molar-refractivity contribution in [2.75, 3.05) is 26.0 Å². The number of ether oxygens (including phenoxy) is 1. The van der Waals surface area contributed by atoms with Crippen LogP contribution < -0.4 is 15.6 Å². The van der Waals surface area contributed by atoms with Crippen molar-refractivity contribution >= 4 is 15.9 Å². The Bertz CT molecular complexity index is 811. The minimum absolute atomic E-state index is 0.208. The third kappa shape index (κ3) is 3.35. The number of nitrogens with zero attached hydrogens (tertiary/aromatic N) is 2. The molecule has 3 heterocycles. The van der Waals surface area contributed by atoms with E-state index in [0.717, 1.165) is 25.4 Å². The number of carbonyl (C=O) groups is 1. The molecule has 0 atom stereocenters. The molecule has 132 valence electrons. The highest BCUT2D eigenvalue weighted by atomic mass is 32.2. The van der Waals surface area contributed by atoms with Crippen LogP contribution in [0.5, 0.6) is 0 Å². The molecule has 1 spiro atoms. The molecule has 0 aromatic carbocycles. The van der Waals surface area contributed by atoms with E-state index in [2.05, 4.69) is 10.3 Å². The molecule has 1 amide bonds. The van der Waals surface area contributed by atoms with E-state index in [9.17, 15) is 18.0 Å². The molecule has 1 aromatic heterocycles. The van der Waals surface area contributed by atoms with Gasteiger partial charge in [-0.1, -0.05) is 0 Å². The molecule has 0 unspecified atom stereocenters. The molecular formula is C14H20N4O5S. The van der Waals surface area contributed by atoms with E-state index in [-0.39, 0.29) is 11.3 Å². The summed E-state index contributed by atoms with van der Waals surface area (Å²) in [7, 11) is -3.74. The van der Waals surface area contributed by atoms with Crippen molar-refractivity contribution in [1.82, 2.24) is 19.6 Å². The molecular weight excluding hydrogens is 336 g/mol. The fourth-order valence-electron chi connectivity index (χ4n) is 3.16. The van der Waals surface area contributed by atoms with E-state index in [1.54, 1.807) is 0 Å². The topological polar surface area (TPSA) is 119 Å². The molecule has 0 bridgehead atoms. The summed E-state index contributed by atoms with van der Waals surface area (Å²) in [5.41, 5.74) is -1.30. The van der Waals surface area contributed by atoms with Crippen LogP contribution in [0.4, 0.5) is 0 Å². The highest BCUT2D eigenvalue weighted by Crippen LogP contribution is 2.35. The summed E-state index contributed by atoms with van der Waals surface area (Å²) in [5.74, 6) is -0.501. The molecule has 0 saturated carbocycles. The van der Waals surface area contributed by atoms with Crippen LogP contribution in [0.25, 0.3) is 0 Å². The first-order valence-electron chi connectivity index (χ1n) is 7.80. The lowest BCUT2D eigenvalue weighted by molar-refractivity contribution is -0.0731. The van der Waals surface area contributed by atoms with Crippen molar-refractivity contribution in [2.45, 2.75) is 31.4 Å².